The Morgan fingerprint density at radius 2 is 1.92 bits per heavy atom. The van der Waals surface area contributed by atoms with Crippen molar-refractivity contribution in [3.05, 3.63) is 35.4 Å². The molecule has 1 amide bonds. The van der Waals surface area contributed by atoms with Crippen LogP contribution in [0, 0.1) is 0 Å². The lowest BCUT2D eigenvalue weighted by molar-refractivity contribution is -0.139. The van der Waals surface area contributed by atoms with E-state index in [1.807, 2.05) is 23.1 Å². The van der Waals surface area contributed by atoms with E-state index in [9.17, 15) is 13.2 Å². The SMILES string of the molecule is CC(C)NS(=O)(=O)N1CC(=O)N2CC(C)(C)c3ccccc3C2C1. The number of hydrogen-bond acceptors (Lipinski definition) is 3. The van der Waals surface area contributed by atoms with E-state index in [0.717, 1.165) is 5.56 Å². The molecule has 0 aromatic heterocycles. The summed E-state index contributed by atoms with van der Waals surface area (Å²) in [6.45, 7) is 8.59. The minimum absolute atomic E-state index is 0.100. The Morgan fingerprint density at radius 3 is 2.58 bits per heavy atom. The first-order valence-electron chi connectivity index (χ1n) is 8.28. The molecule has 2 heterocycles. The first-order valence-corrected chi connectivity index (χ1v) is 9.72. The highest BCUT2D eigenvalue weighted by atomic mass is 32.2. The molecule has 1 atom stereocenters. The monoisotopic (exact) mass is 351 g/mol. The predicted octanol–water partition coefficient (Wildman–Crippen LogP) is 1.41. The van der Waals surface area contributed by atoms with Crippen LogP contribution in [0.5, 0.6) is 0 Å². The zero-order valence-corrected chi connectivity index (χ0v) is 15.4. The number of hydrogen-bond donors (Lipinski definition) is 1. The topological polar surface area (TPSA) is 69.7 Å². The summed E-state index contributed by atoms with van der Waals surface area (Å²) in [5, 5.41) is 0. The summed E-state index contributed by atoms with van der Waals surface area (Å²) in [6, 6.07) is 7.60. The van der Waals surface area contributed by atoms with Crippen molar-refractivity contribution in [3.8, 4) is 0 Å². The van der Waals surface area contributed by atoms with Crippen LogP contribution in [0.3, 0.4) is 0 Å². The van der Waals surface area contributed by atoms with Crippen molar-refractivity contribution in [2.45, 2.75) is 45.2 Å². The second-order valence-corrected chi connectivity index (χ2v) is 9.28. The molecule has 0 saturated carbocycles. The molecular formula is C17H25N3O3S. The molecule has 1 fully saturated rings. The molecule has 1 N–H and O–H groups in total. The molecule has 1 unspecified atom stereocenters. The lowest BCUT2D eigenvalue weighted by Gasteiger charge is -2.49. The van der Waals surface area contributed by atoms with Crippen molar-refractivity contribution in [3.63, 3.8) is 0 Å². The predicted molar refractivity (Wildman–Crippen MR) is 92.7 cm³/mol. The maximum Gasteiger partial charge on any atom is 0.280 e. The maximum absolute atomic E-state index is 12.7. The Labute approximate surface area is 144 Å². The third-order valence-corrected chi connectivity index (χ3v) is 6.45. The van der Waals surface area contributed by atoms with Gasteiger partial charge >= 0.3 is 0 Å². The van der Waals surface area contributed by atoms with Crippen molar-refractivity contribution >= 4 is 16.1 Å². The molecular weight excluding hydrogens is 326 g/mol. The fraction of sp³-hybridized carbons (Fsp3) is 0.588. The van der Waals surface area contributed by atoms with Gasteiger partial charge in [0.15, 0.2) is 0 Å². The van der Waals surface area contributed by atoms with Crippen LogP contribution < -0.4 is 4.72 Å². The molecule has 0 bridgehead atoms. The largest absolute Gasteiger partial charge is 0.332 e. The summed E-state index contributed by atoms with van der Waals surface area (Å²) >= 11 is 0. The number of benzene rings is 1. The van der Waals surface area contributed by atoms with Crippen molar-refractivity contribution in [1.29, 1.82) is 0 Å². The zero-order valence-electron chi connectivity index (χ0n) is 14.6. The van der Waals surface area contributed by atoms with Crippen molar-refractivity contribution < 1.29 is 13.2 Å². The third-order valence-electron chi connectivity index (χ3n) is 4.72. The highest BCUT2D eigenvalue weighted by Gasteiger charge is 2.45. The van der Waals surface area contributed by atoms with Crippen LogP contribution in [0.2, 0.25) is 0 Å². The van der Waals surface area contributed by atoms with Gasteiger partial charge in [-0.1, -0.05) is 38.1 Å². The molecule has 0 radical (unpaired) electrons. The normalized spacial score (nSPS) is 24.0. The van der Waals surface area contributed by atoms with Crippen LogP contribution in [0.15, 0.2) is 24.3 Å². The van der Waals surface area contributed by atoms with Crippen LogP contribution >= 0.6 is 0 Å². The van der Waals surface area contributed by atoms with Crippen molar-refractivity contribution in [2.75, 3.05) is 19.6 Å². The summed E-state index contributed by atoms with van der Waals surface area (Å²) in [4.78, 5) is 14.5. The molecule has 7 heteroatoms. The highest BCUT2D eigenvalue weighted by molar-refractivity contribution is 7.87. The van der Waals surface area contributed by atoms with E-state index in [1.165, 1.54) is 9.87 Å². The summed E-state index contributed by atoms with van der Waals surface area (Å²) in [6.07, 6.45) is 0. The second-order valence-electron chi connectivity index (χ2n) is 7.58. The van der Waals surface area contributed by atoms with E-state index in [2.05, 4.69) is 24.6 Å². The number of carbonyl (C=O) groups excluding carboxylic acids is 1. The van der Waals surface area contributed by atoms with Gasteiger partial charge in [-0.2, -0.15) is 17.4 Å². The maximum atomic E-state index is 12.7. The number of piperazine rings is 1. The Kier molecular flexibility index (Phi) is 4.22. The van der Waals surface area contributed by atoms with E-state index in [0.29, 0.717) is 13.1 Å². The van der Waals surface area contributed by atoms with Gasteiger partial charge in [-0.15, -0.1) is 0 Å². The lowest BCUT2D eigenvalue weighted by Crippen LogP contribution is -2.60. The Morgan fingerprint density at radius 1 is 1.25 bits per heavy atom. The first-order chi connectivity index (χ1) is 11.1. The van der Waals surface area contributed by atoms with Gasteiger partial charge < -0.3 is 4.90 Å². The fourth-order valence-corrected chi connectivity index (χ4v) is 5.07. The minimum atomic E-state index is -3.66. The molecule has 6 nitrogen and oxygen atoms in total. The zero-order chi connectivity index (χ0) is 17.7. The standard InChI is InChI=1S/C17H25N3O3S/c1-12(2)18-24(22,23)19-9-15-13-7-5-6-8-14(13)17(3,4)11-20(15)16(21)10-19/h5-8,12,15,18H,9-11H2,1-4H3. The van der Waals surface area contributed by atoms with Crippen LogP contribution in [0.4, 0.5) is 0 Å². The van der Waals surface area contributed by atoms with Crippen LogP contribution in [0.1, 0.15) is 44.9 Å². The second kappa shape index (κ2) is 5.82. The lowest BCUT2D eigenvalue weighted by atomic mass is 9.75. The number of nitrogens with one attached hydrogen (secondary N) is 1. The fourth-order valence-electron chi connectivity index (χ4n) is 3.71. The van der Waals surface area contributed by atoms with Gasteiger partial charge in [0, 0.05) is 24.5 Å². The molecule has 1 saturated heterocycles. The number of carbonyl (C=O) groups is 1. The van der Waals surface area contributed by atoms with Gasteiger partial charge in [-0.25, -0.2) is 0 Å². The van der Waals surface area contributed by atoms with Crippen LogP contribution in [-0.4, -0.2) is 49.2 Å². The van der Waals surface area contributed by atoms with Crippen molar-refractivity contribution in [2.24, 2.45) is 0 Å². The van der Waals surface area contributed by atoms with Gasteiger partial charge in [-0.3, -0.25) is 4.79 Å². The van der Waals surface area contributed by atoms with Crippen LogP contribution in [0.25, 0.3) is 0 Å². The van der Waals surface area contributed by atoms with Gasteiger partial charge in [0.1, 0.15) is 0 Å². The molecule has 0 aliphatic carbocycles. The minimum Gasteiger partial charge on any atom is -0.332 e. The number of nitrogens with zero attached hydrogens (tertiary/aromatic N) is 2. The first kappa shape index (κ1) is 17.4. The molecule has 132 valence electrons. The van der Waals surface area contributed by atoms with E-state index >= 15 is 0 Å². The Bertz CT molecular complexity index is 758. The molecule has 0 spiro atoms. The van der Waals surface area contributed by atoms with Gasteiger partial charge in [0.2, 0.25) is 5.91 Å². The summed E-state index contributed by atoms with van der Waals surface area (Å²) < 4.78 is 28.8. The molecule has 24 heavy (non-hydrogen) atoms. The summed E-state index contributed by atoms with van der Waals surface area (Å²) in [7, 11) is -3.66. The van der Waals surface area contributed by atoms with Gasteiger partial charge in [-0.05, 0) is 25.0 Å². The van der Waals surface area contributed by atoms with Gasteiger partial charge in [0.05, 0.1) is 12.6 Å². The smallest absolute Gasteiger partial charge is 0.280 e. The van der Waals surface area contributed by atoms with E-state index in [4.69, 9.17) is 0 Å². The van der Waals surface area contributed by atoms with E-state index in [-0.39, 0.29) is 30.0 Å². The third kappa shape index (κ3) is 2.96. The average Bonchev–Trinajstić information content (AvgIpc) is 2.47. The van der Waals surface area contributed by atoms with E-state index < -0.39 is 10.2 Å². The number of fused-ring (bicyclic) bond motifs is 3. The Balaban J connectivity index is 1.99. The molecule has 3 rings (SSSR count). The molecule has 2 aliphatic rings. The summed E-state index contributed by atoms with van der Waals surface area (Å²) in [5.41, 5.74) is 2.10. The average molecular weight is 351 g/mol. The van der Waals surface area contributed by atoms with Gasteiger partial charge in [0.25, 0.3) is 10.2 Å². The van der Waals surface area contributed by atoms with Crippen molar-refractivity contribution in [1.82, 2.24) is 13.9 Å². The number of rotatable bonds is 3. The Hall–Kier alpha value is -1.44. The summed E-state index contributed by atoms with van der Waals surface area (Å²) in [5.74, 6) is -0.136. The number of amides is 1. The molecule has 2 aliphatic heterocycles. The van der Waals surface area contributed by atoms with Crippen LogP contribution in [-0.2, 0) is 20.4 Å². The molecule has 1 aromatic rings. The highest BCUT2D eigenvalue weighted by Crippen LogP contribution is 2.41. The van der Waals surface area contributed by atoms with E-state index in [1.54, 1.807) is 13.8 Å². The quantitative estimate of drug-likeness (QED) is 0.895. The molecule has 1 aromatic carbocycles.